The van der Waals surface area contributed by atoms with Gasteiger partial charge in [0.05, 0.1) is 10.6 Å². The van der Waals surface area contributed by atoms with Gasteiger partial charge in [-0.2, -0.15) is 0 Å². The largest absolute Gasteiger partial charge is 0.481 e. The summed E-state index contributed by atoms with van der Waals surface area (Å²) in [5.74, 6) is 0.260. The van der Waals surface area contributed by atoms with E-state index < -0.39 is 16.1 Å². The monoisotopic (exact) mass is 444 g/mol. The van der Waals surface area contributed by atoms with E-state index in [1.54, 1.807) is 31.2 Å². The minimum atomic E-state index is -3.78. The van der Waals surface area contributed by atoms with Gasteiger partial charge in [-0.1, -0.05) is 29.8 Å². The van der Waals surface area contributed by atoms with Crippen LogP contribution in [0, 0.1) is 6.92 Å². The van der Waals surface area contributed by atoms with Gasteiger partial charge in [0.15, 0.2) is 6.10 Å². The number of anilines is 2. The summed E-state index contributed by atoms with van der Waals surface area (Å²) in [6.45, 7) is 3.58. The van der Waals surface area contributed by atoms with Gasteiger partial charge in [-0.3, -0.25) is 9.52 Å². The summed E-state index contributed by atoms with van der Waals surface area (Å²) >= 11 is 5.89. The molecule has 0 radical (unpaired) electrons. The molecule has 1 amide bonds. The predicted octanol–water partition coefficient (Wildman–Crippen LogP) is 4.86. The molecule has 3 aromatic carbocycles. The molecule has 2 N–H and O–H groups in total. The van der Waals surface area contributed by atoms with Gasteiger partial charge in [0.2, 0.25) is 0 Å². The average molecular weight is 445 g/mol. The molecule has 8 heteroatoms. The van der Waals surface area contributed by atoms with Crippen molar-refractivity contribution in [2.45, 2.75) is 24.8 Å². The second-order valence-electron chi connectivity index (χ2n) is 6.71. The normalized spacial score (nSPS) is 12.1. The molecule has 1 unspecified atom stereocenters. The standard InChI is InChI=1S/C22H21ClN2O4S/c1-15-5-3-8-20(13-15)29-16(2)22(26)24-18-9-11-21(12-10-18)30(27,28)25-19-7-4-6-17(23)14-19/h3-14,16,25H,1-2H3,(H,24,26). The van der Waals surface area contributed by atoms with E-state index in [4.69, 9.17) is 16.3 Å². The van der Waals surface area contributed by atoms with Crippen LogP contribution < -0.4 is 14.8 Å². The Morgan fingerprint density at radius 2 is 1.67 bits per heavy atom. The summed E-state index contributed by atoms with van der Waals surface area (Å²) in [5, 5.41) is 3.14. The zero-order chi connectivity index (χ0) is 21.7. The van der Waals surface area contributed by atoms with Crippen LogP contribution in [-0.4, -0.2) is 20.4 Å². The molecule has 0 aliphatic heterocycles. The van der Waals surface area contributed by atoms with Crippen molar-refractivity contribution in [1.29, 1.82) is 0 Å². The fourth-order valence-electron chi connectivity index (χ4n) is 2.67. The lowest BCUT2D eigenvalue weighted by atomic mass is 10.2. The van der Waals surface area contributed by atoms with Crippen molar-refractivity contribution in [2.75, 3.05) is 10.0 Å². The molecule has 30 heavy (non-hydrogen) atoms. The summed E-state index contributed by atoms with van der Waals surface area (Å²) in [4.78, 5) is 12.4. The molecule has 0 bridgehead atoms. The summed E-state index contributed by atoms with van der Waals surface area (Å²) in [5.41, 5.74) is 1.85. The van der Waals surface area contributed by atoms with Crippen molar-refractivity contribution in [3.8, 4) is 5.75 Å². The maximum atomic E-state index is 12.5. The van der Waals surface area contributed by atoms with Crippen molar-refractivity contribution in [3.05, 3.63) is 83.4 Å². The van der Waals surface area contributed by atoms with Gasteiger partial charge >= 0.3 is 0 Å². The molecule has 156 valence electrons. The van der Waals surface area contributed by atoms with E-state index in [-0.39, 0.29) is 10.8 Å². The molecule has 1 atom stereocenters. The Balaban J connectivity index is 1.64. The van der Waals surface area contributed by atoms with Crippen LogP contribution in [0.3, 0.4) is 0 Å². The van der Waals surface area contributed by atoms with Crippen LogP contribution in [0.1, 0.15) is 12.5 Å². The maximum Gasteiger partial charge on any atom is 0.265 e. The minimum absolute atomic E-state index is 0.0598. The molecule has 0 aliphatic rings. The SMILES string of the molecule is Cc1cccc(OC(C)C(=O)Nc2ccc(S(=O)(=O)Nc3cccc(Cl)c3)cc2)c1. The van der Waals surface area contributed by atoms with Crippen LogP contribution in [0.4, 0.5) is 11.4 Å². The highest BCUT2D eigenvalue weighted by atomic mass is 35.5. The maximum absolute atomic E-state index is 12.5. The smallest absolute Gasteiger partial charge is 0.265 e. The molecule has 0 saturated heterocycles. The number of sulfonamides is 1. The van der Waals surface area contributed by atoms with Crippen molar-refractivity contribution in [2.24, 2.45) is 0 Å². The van der Waals surface area contributed by atoms with Crippen LogP contribution in [0.5, 0.6) is 5.75 Å². The lowest BCUT2D eigenvalue weighted by Gasteiger charge is -2.15. The third kappa shape index (κ3) is 5.75. The number of hydrogen-bond donors (Lipinski definition) is 2. The van der Waals surface area contributed by atoms with Crippen molar-refractivity contribution in [1.82, 2.24) is 0 Å². The molecule has 6 nitrogen and oxygen atoms in total. The number of rotatable bonds is 7. The zero-order valence-corrected chi connectivity index (χ0v) is 18.0. The number of carbonyl (C=O) groups is 1. The van der Waals surface area contributed by atoms with Crippen molar-refractivity contribution in [3.63, 3.8) is 0 Å². The van der Waals surface area contributed by atoms with E-state index in [0.29, 0.717) is 22.1 Å². The highest BCUT2D eigenvalue weighted by Gasteiger charge is 2.17. The second-order valence-corrected chi connectivity index (χ2v) is 8.82. The van der Waals surface area contributed by atoms with Gasteiger partial charge in [-0.15, -0.1) is 0 Å². The Morgan fingerprint density at radius 3 is 2.33 bits per heavy atom. The number of benzene rings is 3. The quantitative estimate of drug-likeness (QED) is 0.545. The number of amides is 1. The van der Waals surface area contributed by atoms with Gasteiger partial charge in [0.1, 0.15) is 5.75 Å². The molecule has 3 rings (SSSR count). The van der Waals surface area contributed by atoms with Gasteiger partial charge in [-0.25, -0.2) is 8.42 Å². The number of nitrogens with one attached hydrogen (secondary N) is 2. The predicted molar refractivity (Wildman–Crippen MR) is 119 cm³/mol. The first-order chi connectivity index (χ1) is 14.2. The van der Waals surface area contributed by atoms with Crippen molar-refractivity contribution >= 4 is 38.9 Å². The van der Waals surface area contributed by atoms with E-state index in [0.717, 1.165) is 5.56 Å². The molecular formula is C22H21ClN2O4S. The fraction of sp³-hybridized carbons (Fsp3) is 0.136. The summed E-state index contributed by atoms with van der Waals surface area (Å²) in [6, 6.07) is 19.7. The molecular weight excluding hydrogens is 424 g/mol. The van der Waals surface area contributed by atoms with E-state index in [1.165, 1.54) is 30.3 Å². The molecule has 3 aromatic rings. The number of carbonyl (C=O) groups excluding carboxylic acids is 1. The number of halogens is 1. The third-order valence-electron chi connectivity index (χ3n) is 4.18. The summed E-state index contributed by atoms with van der Waals surface area (Å²) in [6.07, 6.45) is -0.722. The molecule has 0 heterocycles. The topological polar surface area (TPSA) is 84.5 Å². The second kappa shape index (κ2) is 9.19. The highest BCUT2D eigenvalue weighted by Crippen LogP contribution is 2.21. The van der Waals surface area contributed by atoms with Crippen LogP contribution in [0.15, 0.2) is 77.7 Å². The third-order valence-corrected chi connectivity index (χ3v) is 5.81. The average Bonchev–Trinajstić information content (AvgIpc) is 2.68. The molecule has 0 aromatic heterocycles. The first-order valence-corrected chi connectivity index (χ1v) is 11.0. The van der Waals surface area contributed by atoms with Crippen LogP contribution in [-0.2, 0) is 14.8 Å². The summed E-state index contributed by atoms with van der Waals surface area (Å²) in [7, 11) is -3.78. The number of aryl methyl sites for hydroxylation is 1. The van der Waals surface area contributed by atoms with Crippen molar-refractivity contribution < 1.29 is 17.9 Å². The van der Waals surface area contributed by atoms with Gasteiger partial charge in [0.25, 0.3) is 15.9 Å². The Morgan fingerprint density at radius 1 is 0.967 bits per heavy atom. The van der Waals surface area contributed by atoms with Gasteiger partial charge < -0.3 is 10.1 Å². The van der Waals surface area contributed by atoms with E-state index in [9.17, 15) is 13.2 Å². The molecule has 0 fully saturated rings. The van der Waals surface area contributed by atoms with Crippen LogP contribution in [0.25, 0.3) is 0 Å². The fourth-order valence-corrected chi connectivity index (χ4v) is 3.91. The Labute approximate surface area is 180 Å². The Kier molecular flexibility index (Phi) is 6.64. The van der Waals surface area contributed by atoms with Crippen LogP contribution in [0.2, 0.25) is 5.02 Å². The van der Waals surface area contributed by atoms with Crippen LogP contribution >= 0.6 is 11.6 Å². The van der Waals surface area contributed by atoms with E-state index in [2.05, 4.69) is 10.0 Å². The Bertz CT molecular complexity index is 1150. The lowest BCUT2D eigenvalue weighted by Crippen LogP contribution is -2.30. The zero-order valence-electron chi connectivity index (χ0n) is 16.4. The van der Waals surface area contributed by atoms with E-state index in [1.807, 2.05) is 25.1 Å². The molecule has 0 spiro atoms. The minimum Gasteiger partial charge on any atom is -0.481 e. The molecule has 0 aliphatic carbocycles. The summed E-state index contributed by atoms with van der Waals surface area (Å²) < 4.78 is 33.2. The lowest BCUT2D eigenvalue weighted by molar-refractivity contribution is -0.122. The number of ether oxygens (including phenoxy) is 1. The number of hydrogen-bond acceptors (Lipinski definition) is 4. The first kappa shape index (κ1) is 21.7. The molecule has 0 saturated carbocycles. The Hall–Kier alpha value is -3.03. The van der Waals surface area contributed by atoms with E-state index >= 15 is 0 Å². The van der Waals surface area contributed by atoms with Gasteiger partial charge in [0, 0.05) is 10.7 Å². The first-order valence-electron chi connectivity index (χ1n) is 9.15. The highest BCUT2D eigenvalue weighted by molar-refractivity contribution is 7.92. The van der Waals surface area contributed by atoms with Gasteiger partial charge in [-0.05, 0) is 74.0 Å².